The summed E-state index contributed by atoms with van der Waals surface area (Å²) in [7, 11) is 2.17. The lowest BCUT2D eigenvalue weighted by Crippen LogP contribution is -2.45. The summed E-state index contributed by atoms with van der Waals surface area (Å²) in [5.74, 6) is 1.07. The Labute approximate surface area is 150 Å². The van der Waals surface area contributed by atoms with Crippen molar-refractivity contribution in [2.24, 2.45) is 5.92 Å². The van der Waals surface area contributed by atoms with Crippen LogP contribution in [-0.2, 0) is 4.79 Å². The maximum atomic E-state index is 12.2. The lowest BCUT2D eigenvalue weighted by atomic mass is 9.93. The van der Waals surface area contributed by atoms with E-state index >= 15 is 0 Å². The van der Waals surface area contributed by atoms with Gasteiger partial charge in [-0.25, -0.2) is 0 Å². The number of ether oxygens (including phenoxy) is 1. The van der Waals surface area contributed by atoms with Crippen LogP contribution in [0.15, 0.2) is 36.4 Å². The second kappa shape index (κ2) is 9.02. The van der Waals surface area contributed by atoms with E-state index in [1.54, 1.807) is 0 Å². The van der Waals surface area contributed by atoms with Crippen molar-refractivity contribution in [3.05, 3.63) is 36.4 Å². The maximum absolute atomic E-state index is 12.2. The molecule has 25 heavy (non-hydrogen) atoms. The molecule has 0 spiro atoms. The predicted molar refractivity (Wildman–Crippen MR) is 101 cm³/mol. The molecule has 1 heterocycles. The van der Waals surface area contributed by atoms with Gasteiger partial charge in [0.1, 0.15) is 12.4 Å². The van der Waals surface area contributed by atoms with Crippen molar-refractivity contribution in [2.75, 3.05) is 51.7 Å². The summed E-state index contributed by atoms with van der Waals surface area (Å²) >= 11 is 0. The molecule has 1 aliphatic carbocycles. The minimum atomic E-state index is 0.101. The number of carbonyl (C=O) groups excluding carboxylic acids is 1. The largest absolute Gasteiger partial charge is 0.492 e. The Morgan fingerprint density at radius 3 is 2.60 bits per heavy atom. The van der Waals surface area contributed by atoms with E-state index in [0.717, 1.165) is 63.4 Å². The molecular formula is C20H29N3O2. The van der Waals surface area contributed by atoms with Crippen LogP contribution in [0.2, 0.25) is 0 Å². The summed E-state index contributed by atoms with van der Waals surface area (Å²) in [6.07, 6.45) is 7.04. The highest BCUT2D eigenvalue weighted by Gasteiger charge is 2.18. The van der Waals surface area contributed by atoms with Crippen molar-refractivity contribution in [2.45, 2.75) is 19.3 Å². The molecule has 0 unspecified atom stereocenters. The molecule has 1 saturated heterocycles. The molecule has 1 N–H and O–H groups in total. The Morgan fingerprint density at radius 2 is 1.92 bits per heavy atom. The van der Waals surface area contributed by atoms with Crippen LogP contribution >= 0.6 is 0 Å². The summed E-state index contributed by atoms with van der Waals surface area (Å²) in [4.78, 5) is 17.0. The van der Waals surface area contributed by atoms with Crippen LogP contribution in [0.1, 0.15) is 19.3 Å². The van der Waals surface area contributed by atoms with Crippen LogP contribution in [0.3, 0.4) is 0 Å². The van der Waals surface area contributed by atoms with Crippen molar-refractivity contribution >= 4 is 11.6 Å². The molecule has 5 heteroatoms. The number of hydrogen-bond donors (Lipinski definition) is 1. The monoisotopic (exact) mass is 343 g/mol. The molecule has 1 fully saturated rings. The van der Waals surface area contributed by atoms with Crippen molar-refractivity contribution < 1.29 is 9.53 Å². The average Bonchev–Trinajstić information content (AvgIpc) is 2.65. The van der Waals surface area contributed by atoms with Gasteiger partial charge in [0.05, 0.1) is 0 Å². The Balaban J connectivity index is 1.39. The van der Waals surface area contributed by atoms with E-state index in [1.807, 2.05) is 24.3 Å². The van der Waals surface area contributed by atoms with E-state index in [2.05, 4.69) is 34.3 Å². The van der Waals surface area contributed by atoms with Gasteiger partial charge in [0.15, 0.2) is 0 Å². The van der Waals surface area contributed by atoms with Gasteiger partial charge in [-0.05, 0) is 50.6 Å². The van der Waals surface area contributed by atoms with Gasteiger partial charge in [0, 0.05) is 44.3 Å². The zero-order valence-electron chi connectivity index (χ0n) is 15.1. The molecule has 0 aromatic heterocycles. The predicted octanol–water partition coefficient (Wildman–Crippen LogP) is 2.61. The van der Waals surface area contributed by atoms with E-state index in [1.165, 1.54) is 0 Å². The molecule has 0 bridgehead atoms. The van der Waals surface area contributed by atoms with Crippen LogP contribution in [0.4, 0.5) is 5.69 Å². The summed E-state index contributed by atoms with van der Waals surface area (Å²) in [5.41, 5.74) is 0.839. The summed E-state index contributed by atoms with van der Waals surface area (Å²) in [5, 5.41) is 3.01. The Hall–Kier alpha value is -1.85. The van der Waals surface area contributed by atoms with Crippen molar-refractivity contribution in [3.63, 3.8) is 0 Å². The van der Waals surface area contributed by atoms with E-state index in [9.17, 15) is 4.79 Å². The highest BCUT2D eigenvalue weighted by atomic mass is 16.5. The summed E-state index contributed by atoms with van der Waals surface area (Å²) in [6, 6.07) is 7.70. The molecule has 136 valence electrons. The molecule has 1 atom stereocenters. The van der Waals surface area contributed by atoms with E-state index in [0.29, 0.717) is 6.61 Å². The fourth-order valence-electron chi connectivity index (χ4n) is 3.27. The lowest BCUT2D eigenvalue weighted by molar-refractivity contribution is -0.120. The molecule has 1 amide bonds. The highest BCUT2D eigenvalue weighted by molar-refractivity contribution is 5.92. The quantitative estimate of drug-likeness (QED) is 0.807. The number of allylic oxidation sites excluding steroid dienone is 2. The minimum absolute atomic E-state index is 0.101. The van der Waals surface area contributed by atoms with E-state index in [4.69, 9.17) is 4.74 Å². The van der Waals surface area contributed by atoms with E-state index < -0.39 is 0 Å². The van der Waals surface area contributed by atoms with Gasteiger partial charge < -0.3 is 15.0 Å². The summed E-state index contributed by atoms with van der Waals surface area (Å²) < 4.78 is 5.83. The molecule has 1 aliphatic heterocycles. The van der Waals surface area contributed by atoms with Crippen LogP contribution in [0.25, 0.3) is 0 Å². The number of nitrogens with one attached hydrogen (secondary N) is 1. The van der Waals surface area contributed by atoms with Gasteiger partial charge in [-0.2, -0.15) is 0 Å². The van der Waals surface area contributed by atoms with Crippen LogP contribution < -0.4 is 10.1 Å². The van der Waals surface area contributed by atoms with Crippen molar-refractivity contribution in [3.8, 4) is 5.75 Å². The molecule has 2 aliphatic rings. The number of hydrogen-bond acceptors (Lipinski definition) is 4. The Kier molecular flexibility index (Phi) is 6.48. The van der Waals surface area contributed by atoms with Gasteiger partial charge in [0.25, 0.3) is 0 Å². The maximum Gasteiger partial charge on any atom is 0.227 e. The topological polar surface area (TPSA) is 44.8 Å². The first kappa shape index (κ1) is 18.0. The molecular weight excluding hydrogens is 314 g/mol. The molecule has 1 aromatic rings. The number of anilines is 1. The average molecular weight is 343 g/mol. The van der Waals surface area contributed by atoms with Gasteiger partial charge in [0.2, 0.25) is 5.91 Å². The van der Waals surface area contributed by atoms with Crippen LogP contribution in [0, 0.1) is 5.92 Å². The second-order valence-electron chi connectivity index (χ2n) is 6.99. The number of piperazine rings is 1. The first-order valence-electron chi connectivity index (χ1n) is 9.30. The zero-order chi connectivity index (χ0) is 17.5. The number of nitrogens with zero attached hydrogens (tertiary/aromatic N) is 2. The molecule has 3 rings (SSSR count). The fourth-order valence-corrected chi connectivity index (χ4v) is 3.27. The normalized spacial score (nSPS) is 21.9. The molecule has 5 nitrogen and oxygen atoms in total. The number of benzene rings is 1. The third kappa shape index (κ3) is 5.58. The van der Waals surface area contributed by atoms with Gasteiger partial charge >= 0.3 is 0 Å². The third-order valence-corrected chi connectivity index (χ3v) is 5.03. The number of likely N-dealkylation sites (N-methyl/N-ethyl adjacent to an activating group) is 1. The Bertz CT molecular complexity index is 577. The first-order chi connectivity index (χ1) is 12.2. The smallest absolute Gasteiger partial charge is 0.227 e. The standard InChI is InChI=1S/C20H29N3O2/c1-22-11-13-23(14-12-22)15-16-25-19-9-7-18(8-10-19)21-20(24)17-5-3-2-4-6-17/h2-3,7-10,17H,4-6,11-16H2,1H3,(H,21,24)/t17-/m1/s1. The second-order valence-corrected chi connectivity index (χ2v) is 6.99. The van der Waals surface area contributed by atoms with Gasteiger partial charge in [-0.1, -0.05) is 12.2 Å². The van der Waals surface area contributed by atoms with Gasteiger partial charge in [-0.15, -0.1) is 0 Å². The Morgan fingerprint density at radius 1 is 1.16 bits per heavy atom. The zero-order valence-corrected chi connectivity index (χ0v) is 15.1. The molecule has 0 saturated carbocycles. The first-order valence-corrected chi connectivity index (χ1v) is 9.30. The molecule has 1 aromatic carbocycles. The van der Waals surface area contributed by atoms with Gasteiger partial charge in [-0.3, -0.25) is 9.69 Å². The van der Waals surface area contributed by atoms with E-state index in [-0.39, 0.29) is 11.8 Å². The van der Waals surface area contributed by atoms with Crippen LogP contribution in [-0.4, -0.2) is 62.1 Å². The number of amides is 1. The third-order valence-electron chi connectivity index (χ3n) is 5.03. The minimum Gasteiger partial charge on any atom is -0.492 e. The SMILES string of the molecule is CN1CCN(CCOc2ccc(NC(=O)[C@@H]3CC=CCC3)cc2)CC1. The molecule has 0 radical (unpaired) electrons. The lowest BCUT2D eigenvalue weighted by Gasteiger charge is -2.32. The van der Waals surface area contributed by atoms with Crippen molar-refractivity contribution in [1.82, 2.24) is 9.80 Å². The summed E-state index contributed by atoms with van der Waals surface area (Å²) in [6.45, 7) is 6.14. The van der Waals surface area contributed by atoms with Crippen LogP contribution in [0.5, 0.6) is 5.75 Å². The number of carbonyl (C=O) groups is 1. The highest BCUT2D eigenvalue weighted by Crippen LogP contribution is 2.21. The fraction of sp³-hybridized carbons (Fsp3) is 0.550. The van der Waals surface area contributed by atoms with Crippen molar-refractivity contribution in [1.29, 1.82) is 0 Å². The number of rotatable bonds is 6.